The number of carbonyl (C=O) groups excluding carboxylic acids is 3. The third kappa shape index (κ3) is 3.08. The molecule has 26 heavy (non-hydrogen) atoms. The lowest BCUT2D eigenvalue weighted by Crippen LogP contribution is -2.52. The van der Waals surface area contributed by atoms with Crippen LogP contribution in [0.5, 0.6) is 0 Å². The summed E-state index contributed by atoms with van der Waals surface area (Å²) in [7, 11) is 0. The maximum Gasteiger partial charge on any atom is 0.251 e. The van der Waals surface area contributed by atoms with E-state index in [9.17, 15) is 14.4 Å². The number of nitrogens with one attached hydrogen (secondary N) is 1. The molecule has 0 bridgehead atoms. The fraction of sp³-hybridized carbons (Fsp3) is 0.550. The van der Waals surface area contributed by atoms with Crippen LogP contribution in [0, 0.1) is 0 Å². The Kier molecular flexibility index (Phi) is 4.78. The molecule has 3 rings (SSSR count). The zero-order valence-electron chi connectivity index (χ0n) is 16.0. The minimum atomic E-state index is -0.403. The first-order valence-corrected chi connectivity index (χ1v) is 9.39. The van der Waals surface area contributed by atoms with Crippen molar-refractivity contribution in [1.29, 1.82) is 0 Å². The molecule has 1 fully saturated rings. The molecule has 0 unspecified atom stereocenters. The third-order valence-electron chi connectivity index (χ3n) is 5.33. The first-order valence-electron chi connectivity index (χ1n) is 9.39. The molecule has 1 saturated heterocycles. The molecule has 0 aliphatic carbocycles. The van der Waals surface area contributed by atoms with Crippen molar-refractivity contribution in [3.63, 3.8) is 0 Å². The summed E-state index contributed by atoms with van der Waals surface area (Å²) in [4.78, 5) is 41.2. The van der Waals surface area contributed by atoms with Gasteiger partial charge in [0.1, 0.15) is 6.04 Å². The van der Waals surface area contributed by atoms with E-state index in [1.807, 2.05) is 27.7 Å². The Morgan fingerprint density at radius 1 is 1.23 bits per heavy atom. The van der Waals surface area contributed by atoms with E-state index in [-0.39, 0.29) is 23.3 Å². The van der Waals surface area contributed by atoms with Crippen molar-refractivity contribution in [2.45, 2.75) is 65.0 Å². The van der Waals surface area contributed by atoms with Gasteiger partial charge in [-0.2, -0.15) is 0 Å². The fourth-order valence-corrected chi connectivity index (χ4v) is 3.53. The van der Waals surface area contributed by atoms with Gasteiger partial charge in [-0.05, 0) is 51.3 Å². The van der Waals surface area contributed by atoms with E-state index in [4.69, 9.17) is 0 Å². The summed E-state index contributed by atoms with van der Waals surface area (Å²) >= 11 is 0. The summed E-state index contributed by atoms with van der Waals surface area (Å²) in [6, 6.07) is 4.88. The average Bonchev–Trinajstić information content (AvgIpc) is 3.00. The quantitative estimate of drug-likeness (QED) is 0.881. The molecule has 0 aromatic heterocycles. The lowest BCUT2D eigenvalue weighted by atomic mass is 10.00. The Balaban J connectivity index is 2.01. The predicted molar refractivity (Wildman–Crippen MR) is 101 cm³/mol. The standard InChI is InChI=1S/C20H27N3O3/c1-5-11-22-16-12-13(18(25)21-20(3,4)6-2)7-8-14(16)23-15(19(22)26)9-10-17(23)24/h7-8,12,15H,5-6,9-11H2,1-4H3,(H,21,25)/t15-/m1/s1. The molecule has 1 atom stereocenters. The van der Waals surface area contributed by atoms with Crippen molar-refractivity contribution >= 4 is 29.1 Å². The Hall–Kier alpha value is -2.37. The van der Waals surface area contributed by atoms with Crippen LogP contribution in [0.25, 0.3) is 0 Å². The van der Waals surface area contributed by atoms with E-state index in [2.05, 4.69) is 5.32 Å². The minimum absolute atomic E-state index is 0.0231. The summed E-state index contributed by atoms with van der Waals surface area (Å²) < 4.78 is 0. The molecule has 2 heterocycles. The van der Waals surface area contributed by atoms with Gasteiger partial charge in [-0.25, -0.2) is 0 Å². The highest BCUT2D eigenvalue weighted by Crippen LogP contribution is 2.41. The molecule has 0 saturated carbocycles. The van der Waals surface area contributed by atoms with Gasteiger partial charge >= 0.3 is 0 Å². The Morgan fingerprint density at radius 2 is 1.96 bits per heavy atom. The van der Waals surface area contributed by atoms with E-state index in [0.717, 1.165) is 18.5 Å². The number of carbonyl (C=O) groups is 3. The summed E-state index contributed by atoms with van der Waals surface area (Å²) in [5.74, 6) is -0.236. The highest BCUT2D eigenvalue weighted by atomic mass is 16.2. The lowest BCUT2D eigenvalue weighted by Gasteiger charge is -2.38. The van der Waals surface area contributed by atoms with Crippen LogP contribution in [0.3, 0.4) is 0 Å². The molecule has 1 aromatic carbocycles. The molecule has 0 radical (unpaired) electrons. The molecule has 140 valence electrons. The Bertz CT molecular complexity index is 757. The lowest BCUT2D eigenvalue weighted by molar-refractivity contribution is -0.122. The maximum atomic E-state index is 12.9. The summed E-state index contributed by atoms with van der Waals surface area (Å²) in [6.07, 6.45) is 2.58. The van der Waals surface area contributed by atoms with E-state index in [0.29, 0.717) is 30.6 Å². The summed E-state index contributed by atoms with van der Waals surface area (Å²) in [6.45, 7) is 8.57. The smallest absolute Gasteiger partial charge is 0.251 e. The normalized spacial score (nSPS) is 19.5. The second kappa shape index (κ2) is 6.74. The molecule has 6 heteroatoms. The van der Waals surface area contributed by atoms with Crippen LogP contribution in [0.4, 0.5) is 11.4 Å². The number of nitrogens with zero attached hydrogens (tertiary/aromatic N) is 2. The SMILES string of the molecule is CCCN1C(=O)[C@H]2CCC(=O)N2c2ccc(C(=O)NC(C)(C)CC)cc21. The van der Waals surface area contributed by atoms with Gasteiger partial charge in [-0.3, -0.25) is 19.3 Å². The highest BCUT2D eigenvalue weighted by molar-refractivity contribution is 6.15. The number of hydrogen-bond acceptors (Lipinski definition) is 3. The van der Waals surface area contributed by atoms with Crippen molar-refractivity contribution in [2.24, 2.45) is 0 Å². The minimum Gasteiger partial charge on any atom is -0.347 e. The van der Waals surface area contributed by atoms with Gasteiger partial charge in [0.05, 0.1) is 11.4 Å². The van der Waals surface area contributed by atoms with Crippen molar-refractivity contribution in [2.75, 3.05) is 16.3 Å². The summed E-state index contributed by atoms with van der Waals surface area (Å²) in [5, 5.41) is 3.02. The van der Waals surface area contributed by atoms with Gasteiger partial charge < -0.3 is 10.2 Å². The fourth-order valence-electron chi connectivity index (χ4n) is 3.53. The number of rotatable bonds is 5. The van der Waals surface area contributed by atoms with Gasteiger partial charge in [-0.15, -0.1) is 0 Å². The zero-order valence-corrected chi connectivity index (χ0v) is 16.0. The van der Waals surface area contributed by atoms with Crippen molar-refractivity contribution in [3.05, 3.63) is 23.8 Å². The first-order chi connectivity index (χ1) is 12.3. The third-order valence-corrected chi connectivity index (χ3v) is 5.33. The van der Waals surface area contributed by atoms with Gasteiger partial charge in [0.2, 0.25) is 11.8 Å². The topological polar surface area (TPSA) is 69.7 Å². The van der Waals surface area contributed by atoms with Crippen LogP contribution < -0.4 is 15.1 Å². The van der Waals surface area contributed by atoms with Gasteiger partial charge in [0, 0.05) is 24.1 Å². The zero-order chi connectivity index (χ0) is 19.1. The number of fused-ring (bicyclic) bond motifs is 3. The average molecular weight is 357 g/mol. The molecule has 2 aliphatic heterocycles. The number of amides is 3. The molecular formula is C20H27N3O3. The first kappa shape index (κ1) is 18.4. The van der Waals surface area contributed by atoms with E-state index in [1.54, 1.807) is 28.0 Å². The highest BCUT2D eigenvalue weighted by Gasteiger charge is 2.44. The molecule has 0 spiro atoms. The number of benzene rings is 1. The van der Waals surface area contributed by atoms with Gasteiger partial charge in [0.15, 0.2) is 0 Å². The Morgan fingerprint density at radius 3 is 2.62 bits per heavy atom. The van der Waals surface area contributed by atoms with Crippen LogP contribution in [-0.2, 0) is 9.59 Å². The predicted octanol–water partition coefficient (Wildman–Crippen LogP) is 2.86. The molecule has 3 amide bonds. The molecule has 2 aliphatic rings. The summed E-state index contributed by atoms with van der Waals surface area (Å²) in [5.41, 5.74) is 1.59. The van der Waals surface area contributed by atoms with E-state index < -0.39 is 6.04 Å². The molecule has 6 nitrogen and oxygen atoms in total. The van der Waals surface area contributed by atoms with E-state index in [1.165, 1.54) is 0 Å². The van der Waals surface area contributed by atoms with Crippen LogP contribution >= 0.6 is 0 Å². The second-order valence-corrected chi connectivity index (χ2v) is 7.70. The molecule has 1 aromatic rings. The number of anilines is 2. The van der Waals surface area contributed by atoms with Gasteiger partial charge in [-0.1, -0.05) is 13.8 Å². The molecule has 1 N–H and O–H groups in total. The van der Waals surface area contributed by atoms with Crippen LogP contribution in [0.2, 0.25) is 0 Å². The number of hydrogen-bond donors (Lipinski definition) is 1. The second-order valence-electron chi connectivity index (χ2n) is 7.70. The van der Waals surface area contributed by atoms with Crippen molar-refractivity contribution in [3.8, 4) is 0 Å². The van der Waals surface area contributed by atoms with Crippen molar-refractivity contribution in [1.82, 2.24) is 5.32 Å². The molecular weight excluding hydrogens is 330 g/mol. The van der Waals surface area contributed by atoms with Crippen LogP contribution in [0.1, 0.15) is 63.7 Å². The van der Waals surface area contributed by atoms with E-state index >= 15 is 0 Å². The maximum absolute atomic E-state index is 12.9. The van der Waals surface area contributed by atoms with Crippen LogP contribution in [-0.4, -0.2) is 35.8 Å². The van der Waals surface area contributed by atoms with Gasteiger partial charge in [0.25, 0.3) is 5.91 Å². The van der Waals surface area contributed by atoms with Crippen LogP contribution in [0.15, 0.2) is 18.2 Å². The monoisotopic (exact) mass is 357 g/mol. The Labute approximate surface area is 154 Å². The largest absolute Gasteiger partial charge is 0.347 e. The van der Waals surface area contributed by atoms with Crippen molar-refractivity contribution < 1.29 is 14.4 Å².